The van der Waals surface area contributed by atoms with E-state index in [1.807, 2.05) is 37.6 Å². The van der Waals surface area contributed by atoms with Crippen LogP contribution in [0.4, 0.5) is 0 Å². The number of nitrogens with one attached hydrogen (secondary N) is 1. The minimum atomic E-state index is -0.895. The summed E-state index contributed by atoms with van der Waals surface area (Å²) in [6, 6.07) is 5.65. The lowest BCUT2D eigenvalue weighted by molar-refractivity contribution is -0.137. The van der Waals surface area contributed by atoms with Gasteiger partial charge in [0.15, 0.2) is 0 Å². The van der Waals surface area contributed by atoms with Crippen molar-refractivity contribution < 1.29 is 14.7 Å². The molecular weight excluding hydrogens is 302 g/mol. The smallest absolute Gasteiger partial charge is 0.304 e. The summed E-state index contributed by atoms with van der Waals surface area (Å²) in [6.07, 6.45) is 0.127. The summed E-state index contributed by atoms with van der Waals surface area (Å²) in [7, 11) is 1.83. The quantitative estimate of drug-likeness (QED) is 0.817. The van der Waals surface area contributed by atoms with Crippen LogP contribution in [0.3, 0.4) is 0 Å². The Bertz CT molecular complexity index is 649. The van der Waals surface area contributed by atoms with Gasteiger partial charge in [0.1, 0.15) is 0 Å². The Morgan fingerprint density at radius 1 is 1.45 bits per heavy atom. The Morgan fingerprint density at radius 3 is 2.77 bits per heavy atom. The molecule has 6 nitrogen and oxygen atoms in total. The molecule has 0 saturated carbocycles. The Hall–Kier alpha value is -2.15. The van der Waals surface area contributed by atoms with Crippen molar-refractivity contribution in [3.8, 4) is 0 Å². The second kappa shape index (κ2) is 7.22. The zero-order chi connectivity index (χ0) is 16.1. The predicted octanol–water partition coefficient (Wildman–Crippen LogP) is 2.05. The highest BCUT2D eigenvalue weighted by atomic mass is 32.1. The van der Waals surface area contributed by atoms with E-state index >= 15 is 0 Å². The Balaban J connectivity index is 1.93. The first-order valence-electron chi connectivity index (χ1n) is 6.97. The molecule has 2 aromatic heterocycles. The second-order valence-corrected chi connectivity index (χ2v) is 6.17. The van der Waals surface area contributed by atoms with E-state index in [9.17, 15) is 9.59 Å². The number of amides is 1. The number of carbonyl (C=O) groups is 2. The molecule has 0 radical (unpaired) electrons. The minimum Gasteiger partial charge on any atom is -0.481 e. The molecule has 1 amide bonds. The van der Waals surface area contributed by atoms with Gasteiger partial charge < -0.3 is 10.4 Å². The Morgan fingerprint density at radius 2 is 2.23 bits per heavy atom. The molecule has 0 aliphatic carbocycles. The zero-order valence-electron chi connectivity index (χ0n) is 12.6. The highest BCUT2D eigenvalue weighted by Crippen LogP contribution is 2.27. The van der Waals surface area contributed by atoms with E-state index in [0.29, 0.717) is 6.54 Å². The molecule has 0 saturated heterocycles. The lowest BCUT2D eigenvalue weighted by Crippen LogP contribution is -2.26. The van der Waals surface area contributed by atoms with Crippen molar-refractivity contribution in [3.63, 3.8) is 0 Å². The molecule has 7 heteroatoms. The van der Waals surface area contributed by atoms with Crippen LogP contribution in [0.25, 0.3) is 0 Å². The molecule has 2 aromatic rings. The number of hydrogen-bond acceptors (Lipinski definition) is 4. The summed E-state index contributed by atoms with van der Waals surface area (Å²) in [4.78, 5) is 24.0. The van der Waals surface area contributed by atoms with Crippen molar-refractivity contribution in [3.05, 3.63) is 39.8 Å². The van der Waals surface area contributed by atoms with Crippen LogP contribution in [0.5, 0.6) is 0 Å². The molecule has 2 N–H and O–H groups in total. The van der Waals surface area contributed by atoms with Gasteiger partial charge in [0.05, 0.1) is 24.4 Å². The standard InChI is InChI=1S/C15H19N3O3S/c1-10-6-12(18(2)17-10)9-16-14(19)7-11(8-15(20)21)13-4-3-5-22-13/h3-6,11H,7-9H2,1-2H3,(H,16,19)(H,20,21). The van der Waals surface area contributed by atoms with Gasteiger partial charge in [-0.1, -0.05) is 6.07 Å². The van der Waals surface area contributed by atoms with Crippen LogP contribution in [0.1, 0.15) is 35.0 Å². The summed E-state index contributed by atoms with van der Waals surface area (Å²) in [6.45, 7) is 2.28. The molecule has 0 aliphatic heterocycles. The lowest BCUT2D eigenvalue weighted by Gasteiger charge is -2.13. The summed E-state index contributed by atoms with van der Waals surface area (Å²) in [5.41, 5.74) is 1.81. The average Bonchev–Trinajstić information content (AvgIpc) is 3.05. The van der Waals surface area contributed by atoms with Crippen LogP contribution in [0, 0.1) is 6.92 Å². The van der Waals surface area contributed by atoms with Gasteiger partial charge in [-0.2, -0.15) is 5.10 Å². The molecule has 0 aromatic carbocycles. The van der Waals surface area contributed by atoms with Crippen LogP contribution in [0.2, 0.25) is 0 Å². The lowest BCUT2D eigenvalue weighted by atomic mass is 9.99. The van der Waals surface area contributed by atoms with E-state index in [4.69, 9.17) is 5.11 Å². The number of rotatable bonds is 7. The third-order valence-corrected chi connectivity index (χ3v) is 4.40. The number of carboxylic acid groups (broad SMARTS) is 1. The molecular formula is C15H19N3O3S. The minimum absolute atomic E-state index is 0.0429. The summed E-state index contributed by atoms with van der Waals surface area (Å²) in [5, 5.41) is 17.9. The molecule has 0 aliphatic rings. The number of aromatic nitrogens is 2. The molecule has 0 spiro atoms. The van der Waals surface area contributed by atoms with Gasteiger partial charge in [-0.05, 0) is 24.4 Å². The van der Waals surface area contributed by atoms with Gasteiger partial charge >= 0.3 is 5.97 Å². The van der Waals surface area contributed by atoms with Gasteiger partial charge in [0.2, 0.25) is 5.91 Å². The fraction of sp³-hybridized carbons (Fsp3) is 0.400. The monoisotopic (exact) mass is 321 g/mol. The van der Waals surface area contributed by atoms with E-state index in [0.717, 1.165) is 16.3 Å². The summed E-state index contributed by atoms with van der Waals surface area (Å²) >= 11 is 1.48. The number of aliphatic carboxylic acids is 1. The van der Waals surface area contributed by atoms with Crippen LogP contribution in [-0.2, 0) is 23.2 Å². The van der Waals surface area contributed by atoms with Gasteiger partial charge in [0.25, 0.3) is 0 Å². The number of aryl methyl sites for hydroxylation is 2. The molecule has 0 fully saturated rings. The fourth-order valence-electron chi connectivity index (χ4n) is 2.32. The van der Waals surface area contributed by atoms with Gasteiger partial charge in [-0.3, -0.25) is 14.3 Å². The van der Waals surface area contributed by atoms with Crippen molar-refractivity contribution in [2.24, 2.45) is 7.05 Å². The number of carbonyl (C=O) groups excluding carboxylic acids is 1. The van der Waals surface area contributed by atoms with E-state index in [1.54, 1.807) is 4.68 Å². The van der Waals surface area contributed by atoms with E-state index < -0.39 is 5.97 Å². The van der Waals surface area contributed by atoms with Crippen molar-refractivity contribution in [1.82, 2.24) is 15.1 Å². The molecule has 0 bridgehead atoms. The number of thiophene rings is 1. The van der Waals surface area contributed by atoms with Gasteiger partial charge in [-0.25, -0.2) is 0 Å². The second-order valence-electron chi connectivity index (χ2n) is 5.19. The molecule has 1 unspecified atom stereocenters. The Labute approximate surface area is 132 Å². The molecule has 118 valence electrons. The summed E-state index contributed by atoms with van der Waals surface area (Å²) in [5.74, 6) is -1.34. The van der Waals surface area contributed by atoms with Gasteiger partial charge in [0, 0.05) is 24.3 Å². The highest BCUT2D eigenvalue weighted by Gasteiger charge is 2.20. The highest BCUT2D eigenvalue weighted by molar-refractivity contribution is 7.10. The maximum atomic E-state index is 12.1. The van der Waals surface area contributed by atoms with Crippen molar-refractivity contribution >= 4 is 23.2 Å². The van der Waals surface area contributed by atoms with Crippen molar-refractivity contribution in [2.75, 3.05) is 0 Å². The number of carboxylic acids is 1. The number of nitrogens with zero attached hydrogens (tertiary/aromatic N) is 2. The number of hydrogen-bond donors (Lipinski definition) is 2. The average molecular weight is 321 g/mol. The zero-order valence-corrected chi connectivity index (χ0v) is 13.4. The molecule has 2 heterocycles. The largest absolute Gasteiger partial charge is 0.481 e. The van der Waals surface area contributed by atoms with Crippen LogP contribution < -0.4 is 5.32 Å². The van der Waals surface area contributed by atoms with Gasteiger partial charge in [-0.15, -0.1) is 11.3 Å². The first-order valence-corrected chi connectivity index (χ1v) is 7.85. The third-order valence-electron chi connectivity index (χ3n) is 3.36. The van der Waals surface area contributed by atoms with Crippen molar-refractivity contribution in [1.29, 1.82) is 0 Å². The first-order chi connectivity index (χ1) is 10.5. The third kappa shape index (κ3) is 4.42. The fourth-order valence-corrected chi connectivity index (χ4v) is 3.15. The SMILES string of the molecule is Cc1cc(CNC(=O)CC(CC(=O)O)c2cccs2)n(C)n1. The summed E-state index contributed by atoms with van der Waals surface area (Å²) < 4.78 is 1.73. The molecule has 1 atom stereocenters. The first kappa shape index (κ1) is 16.2. The Kier molecular flexibility index (Phi) is 5.32. The molecule has 2 rings (SSSR count). The van der Waals surface area contributed by atoms with E-state index in [1.165, 1.54) is 11.3 Å². The maximum Gasteiger partial charge on any atom is 0.304 e. The normalized spacial score (nSPS) is 12.1. The molecule has 22 heavy (non-hydrogen) atoms. The topological polar surface area (TPSA) is 84.2 Å². The predicted molar refractivity (Wildman–Crippen MR) is 83.7 cm³/mol. The van der Waals surface area contributed by atoms with Crippen LogP contribution >= 0.6 is 11.3 Å². The van der Waals surface area contributed by atoms with E-state index in [-0.39, 0.29) is 24.7 Å². The van der Waals surface area contributed by atoms with Crippen molar-refractivity contribution in [2.45, 2.75) is 32.2 Å². The van der Waals surface area contributed by atoms with Crippen LogP contribution in [-0.4, -0.2) is 26.8 Å². The van der Waals surface area contributed by atoms with Crippen LogP contribution in [0.15, 0.2) is 23.6 Å². The van der Waals surface area contributed by atoms with E-state index in [2.05, 4.69) is 10.4 Å². The maximum absolute atomic E-state index is 12.1.